The van der Waals surface area contributed by atoms with Gasteiger partial charge in [-0.05, 0) is 11.5 Å². The molecule has 2 rings (SSSR count). The average Bonchev–Trinajstić information content (AvgIpc) is 2.72. The van der Waals surface area contributed by atoms with Crippen LogP contribution in [0.3, 0.4) is 0 Å². The normalized spacial score (nSPS) is 10.2. The van der Waals surface area contributed by atoms with E-state index in [1.165, 1.54) is 18.6 Å². The zero-order valence-corrected chi connectivity index (χ0v) is 10.2. The molecule has 0 saturated heterocycles. The highest BCUT2D eigenvalue weighted by atomic mass is 32.1. The average molecular weight is 248 g/mol. The van der Waals surface area contributed by atoms with E-state index in [-0.39, 0.29) is 12.4 Å². The second kappa shape index (κ2) is 4.97. The fraction of sp³-hybridized carbons (Fsp3) is 0.167. The van der Waals surface area contributed by atoms with Gasteiger partial charge in [-0.15, -0.1) is 0 Å². The van der Waals surface area contributed by atoms with Gasteiger partial charge in [0.15, 0.2) is 0 Å². The van der Waals surface area contributed by atoms with Gasteiger partial charge in [0.05, 0.1) is 24.1 Å². The maximum absolute atomic E-state index is 11.2. The highest BCUT2D eigenvalue weighted by Gasteiger charge is 2.15. The zero-order valence-electron chi connectivity index (χ0n) is 9.34. The van der Waals surface area contributed by atoms with Crippen molar-refractivity contribution in [2.24, 2.45) is 0 Å². The monoisotopic (exact) mass is 248 g/mol. The number of methoxy groups -OCH3 is 1. The first-order valence-electron chi connectivity index (χ1n) is 5.08. The fourth-order valence-electron chi connectivity index (χ4n) is 1.47. The molecule has 4 nitrogen and oxygen atoms in total. The van der Waals surface area contributed by atoms with E-state index >= 15 is 0 Å². The maximum atomic E-state index is 11.2. The smallest absolute Gasteiger partial charge is 0.310 e. The number of benzene rings is 1. The molecule has 0 bridgehead atoms. The van der Waals surface area contributed by atoms with Crippen molar-refractivity contribution < 1.29 is 9.53 Å². The van der Waals surface area contributed by atoms with E-state index in [0.29, 0.717) is 5.69 Å². The van der Waals surface area contributed by atoms with Gasteiger partial charge in [-0.2, -0.15) is 4.37 Å². The number of carbonyl (C=O) groups excluding carboxylic acids is 1. The molecule has 0 aliphatic carbocycles. The summed E-state index contributed by atoms with van der Waals surface area (Å²) in [6, 6.07) is 9.66. The molecule has 2 N–H and O–H groups in total. The molecule has 0 spiro atoms. The van der Waals surface area contributed by atoms with Gasteiger partial charge in [-0.1, -0.05) is 30.3 Å². The molecule has 1 aromatic heterocycles. The number of nitrogens with two attached hydrogens (primary N) is 1. The summed E-state index contributed by atoms with van der Waals surface area (Å²) in [7, 11) is 1.36. The van der Waals surface area contributed by atoms with Crippen molar-refractivity contribution in [2.45, 2.75) is 6.42 Å². The number of rotatable bonds is 3. The number of esters is 1. The van der Waals surface area contributed by atoms with Crippen molar-refractivity contribution in [1.29, 1.82) is 0 Å². The van der Waals surface area contributed by atoms with Gasteiger partial charge < -0.3 is 10.5 Å². The van der Waals surface area contributed by atoms with Crippen LogP contribution < -0.4 is 5.73 Å². The summed E-state index contributed by atoms with van der Waals surface area (Å²) < 4.78 is 8.89. The van der Waals surface area contributed by atoms with E-state index in [0.717, 1.165) is 16.1 Å². The van der Waals surface area contributed by atoms with Crippen molar-refractivity contribution in [3.63, 3.8) is 0 Å². The second-order valence-electron chi connectivity index (χ2n) is 3.49. The molecule has 0 fully saturated rings. The largest absolute Gasteiger partial charge is 0.469 e. The van der Waals surface area contributed by atoms with Crippen molar-refractivity contribution in [2.75, 3.05) is 12.8 Å². The van der Waals surface area contributed by atoms with Crippen molar-refractivity contribution in [3.8, 4) is 11.3 Å². The van der Waals surface area contributed by atoms with Gasteiger partial charge in [-0.3, -0.25) is 4.79 Å². The minimum atomic E-state index is -0.306. The van der Waals surface area contributed by atoms with Crippen LogP contribution in [0.4, 0.5) is 5.69 Å². The van der Waals surface area contributed by atoms with Crippen LogP contribution in [0.1, 0.15) is 4.88 Å². The topological polar surface area (TPSA) is 65.2 Å². The van der Waals surface area contributed by atoms with Crippen LogP contribution in [0.25, 0.3) is 11.3 Å². The van der Waals surface area contributed by atoms with E-state index in [2.05, 4.69) is 9.11 Å². The summed E-state index contributed by atoms with van der Waals surface area (Å²) in [5.41, 5.74) is 8.23. The molecule has 1 heterocycles. The van der Waals surface area contributed by atoms with E-state index in [1.807, 2.05) is 30.3 Å². The Bertz CT molecular complexity index is 523. The lowest BCUT2D eigenvalue weighted by Gasteiger charge is -2.00. The predicted molar refractivity (Wildman–Crippen MR) is 67.7 cm³/mol. The number of anilines is 1. The summed E-state index contributed by atoms with van der Waals surface area (Å²) in [5, 5.41) is 0. The van der Waals surface area contributed by atoms with Crippen LogP contribution in [0.2, 0.25) is 0 Å². The van der Waals surface area contributed by atoms with Gasteiger partial charge in [0.1, 0.15) is 5.69 Å². The molecule has 0 radical (unpaired) electrons. The van der Waals surface area contributed by atoms with Crippen LogP contribution >= 0.6 is 11.5 Å². The predicted octanol–water partition coefficient (Wildman–Crippen LogP) is 2.11. The summed E-state index contributed by atoms with van der Waals surface area (Å²) in [4.78, 5) is 11.9. The Kier molecular flexibility index (Phi) is 3.39. The van der Waals surface area contributed by atoms with Crippen molar-refractivity contribution in [3.05, 3.63) is 35.2 Å². The Morgan fingerprint density at radius 1 is 1.41 bits per heavy atom. The summed E-state index contributed by atoms with van der Waals surface area (Å²) in [6.45, 7) is 0. The SMILES string of the molecule is COC(=O)Cc1snc(-c2ccccc2)c1N. The number of hydrogen-bond acceptors (Lipinski definition) is 5. The Hall–Kier alpha value is -1.88. The Labute approximate surface area is 103 Å². The first-order chi connectivity index (χ1) is 8.22. The first kappa shape index (κ1) is 11.6. The van der Waals surface area contributed by atoms with Crippen LogP contribution in [0.5, 0.6) is 0 Å². The minimum Gasteiger partial charge on any atom is -0.469 e. The van der Waals surface area contributed by atoms with Crippen molar-refractivity contribution in [1.82, 2.24) is 4.37 Å². The van der Waals surface area contributed by atoms with E-state index in [4.69, 9.17) is 5.73 Å². The summed E-state index contributed by atoms with van der Waals surface area (Å²) in [5.74, 6) is -0.306. The molecule has 0 unspecified atom stereocenters. The van der Waals surface area contributed by atoms with Crippen LogP contribution in [-0.4, -0.2) is 17.5 Å². The van der Waals surface area contributed by atoms with Gasteiger partial charge in [-0.25, -0.2) is 0 Å². The van der Waals surface area contributed by atoms with Crippen LogP contribution in [-0.2, 0) is 16.0 Å². The van der Waals surface area contributed by atoms with Gasteiger partial charge >= 0.3 is 5.97 Å². The fourth-order valence-corrected chi connectivity index (χ4v) is 2.25. The number of ether oxygens (including phenoxy) is 1. The minimum absolute atomic E-state index is 0.173. The van der Waals surface area contributed by atoms with Crippen LogP contribution in [0, 0.1) is 0 Å². The molecule has 2 aromatic rings. The molecule has 17 heavy (non-hydrogen) atoms. The van der Waals surface area contributed by atoms with E-state index in [9.17, 15) is 4.79 Å². The Morgan fingerprint density at radius 3 is 2.76 bits per heavy atom. The molecular weight excluding hydrogens is 236 g/mol. The van der Waals surface area contributed by atoms with Gasteiger partial charge in [0, 0.05) is 5.56 Å². The standard InChI is InChI=1S/C12H12N2O2S/c1-16-10(15)7-9-11(13)12(14-17-9)8-5-3-2-4-6-8/h2-6H,7,13H2,1H3. The molecule has 5 heteroatoms. The molecule has 88 valence electrons. The van der Waals surface area contributed by atoms with Gasteiger partial charge in [0.2, 0.25) is 0 Å². The van der Waals surface area contributed by atoms with Crippen molar-refractivity contribution >= 4 is 23.2 Å². The Morgan fingerprint density at radius 2 is 2.12 bits per heavy atom. The Balaban J connectivity index is 2.30. The third kappa shape index (κ3) is 2.45. The number of carbonyl (C=O) groups is 1. The summed E-state index contributed by atoms with van der Waals surface area (Å²) in [6.07, 6.45) is 0.173. The number of nitrogens with zero attached hydrogens (tertiary/aromatic N) is 1. The lowest BCUT2D eigenvalue weighted by atomic mass is 10.1. The third-order valence-electron chi connectivity index (χ3n) is 2.38. The third-order valence-corrected chi connectivity index (χ3v) is 3.24. The number of aromatic nitrogens is 1. The first-order valence-corrected chi connectivity index (χ1v) is 5.86. The molecule has 0 saturated carbocycles. The number of nitrogen functional groups attached to an aromatic ring is 1. The molecule has 0 atom stereocenters. The zero-order chi connectivity index (χ0) is 12.3. The molecule has 1 aromatic carbocycles. The lowest BCUT2D eigenvalue weighted by molar-refractivity contribution is -0.139. The van der Waals surface area contributed by atoms with Gasteiger partial charge in [0.25, 0.3) is 0 Å². The molecular formula is C12H12N2O2S. The highest BCUT2D eigenvalue weighted by molar-refractivity contribution is 7.06. The lowest BCUT2D eigenvalue weighted by Crippen LogP contribution is -2.04. The molecule has 0 amide bonds. The highest BCUT2D eigenvalue weighted by Crippen LogP contribution is 2.30. The molecule has 0 aliphatic heterocycles. The quantitative estimate of drug-likeness (QED) is 0.845. The maximum Gasteiger partial charge on any atom is 0.310 e. The second-order valence-corrected chi connectivity index (χ2v) is 4.34. The summed E-state index contributed by atoms with van der Waals surface area (Å²) >= 11 is 1.24. The number of hydrogen-bond donors (Lipinski definition) is 1. The van der Waals surface area contributed by atoms with Crippen LogP contribution in [0.15, 0.2) is 30.3 Å². The van der Waals surface area contributed by atoms with E-state index in [1.54, 1.807) is 0 Å². The molecule has 0 aliphatic rings. The van der Waals surface area contributed by atoms with E-state index < -0.39 is 0 Å².